The van der Waals surface area contributed by atoms with Crippen molar-refractivity contribution in [2.45, 2.75) is 12.8 Å². The first-order valence-corrected chi connectivity index (χ1v) is 13.4. The molecule has 4 nitrogen and oxygen atoms in total. The van der Waals surface area contributed by atoms with Gasteiger partial charge in [0.15, 0.2) is 0 Å². The van der Waals surface area contributed by atoms with Crippen LogP contribution in [0.4, 0.5) is 0 Å². The van der Waals surface area contributed by atoms with Crippen molar-refractivity contribution in [1.29, 1.82) is 0 Å². The highest BCUT2D eigenvalue weighted by atomic mass is 16.3. The van der Waals surface area contributed by atoms with Gasteiger partial charge in [-0.1, -0.05) is 109 Å². The summed E-state index contributed by atoms with van der Waals surface area (Å²) in [6.45, 7) is 0. The SMILES string of the molecule is O=c1[nH]c2ccc(-c3ccc(-c4c(Cc5ccccc5)oc5ccccc45)cc3)cc2nc1Cc1ccccc1. The standard InChI is InChI=1S/C36H26N2O2/c39-36-32(21-24-9-3-1-4-10-24)37-31-23-28(19-20-30(31)38-36)26-15-17-27(18-16-26)35-29-13-7-8-14-33(29)40-34(35)22-25-11-5-2-6-12-25/h1-20,23H,21-22H2,(H,38,39). The molecule has 5 aromatic carbocycles. The lowest BCUT2D eigenvalue weighted by Gasteiger charge is -2.08. The van der Waals surface area contributed by atoms with E-state index in [9.17, 15) is 4.79 Å². The Kier molecular flexibility index (Phi) is 6.06. The molecule has 0 aliphatic heterocycles. The molecule has 0 bridgehead atoms. The van der Waals surface area contributed by atoms with Crippen LogP contribution < -0.4 is 5.56 Å². The molecule has 0 unspecified atom stereocenters. The minimum absolute atomic E-state index is 0.146. The molecule has 0 fully saturated rings. The molecule has 7 rings (SSSR count). The van der Waals surface area contributed by atoms with Crippen molar-refractivity contribution in [2.75, 3.05) is 0 Å². The van der Waals surface area contributed by atoms with Crippen LogP contribution in [0.2, 0.25) is 0 Å². The third kappa shape index (κ3) is 4.61. The first kappa shape index (κ1) is 23.9. The molecule has 0 saturated heterocycles. The number of nitrogens with one attached hydrogen (secondary N) is 1. The van der Waals surface area contributed by atoms with E-state index < -0.39 is 0 Å². The van der Waals surface area contributed by atoms with Gasteiger partial charge in [0.25, 0.3) is 5.56 Å². The van der Waals surface area contributed by atoms with Crippen molar-refractivity contribution in [3.8, 4) is 22.3 Å². The molecule has 0 amide bonds. The van der Waals surface area contributed by atoms with Crippen LogP contribution in [0.1, 0.15) is 22.6 Å². The second-order valence-electron chi connectivity index (χ2n) is 10.0. The summed E-state index contributed by atoms with van der Waals surface area (Å²) in [5.74, 6) is 0.963. The van der Waals surface area contributed by atoms with Crippen LogP contribution in [-0.4, -0.2) is 9.97 Å². The number of para-hydroxylation sites is 1. The van der Waals surface area contributed by atoms with Crippen LogP contribution in [0.15, 0.2) is 137 Å². The van der Waals surface area contributed by atoms with E-state index in [1.165, 1.54) is 5.56 Å². The molecule has 7 aromatic rings. The summed E-state index contributed by atoms with van der Waals surface area (Å²) >= 11 is 0. The lowest BCUT2D eigenvalue weighted by atomic mass is 9.96. The highest BCUT2D eigenvalue weighted by Gasteiger charge is 2.16. The summed E-state index contributed by atoms with van der Waals surface area (Å²) in [4.78, 5) is 20.4. The van der Waals surface area contributed by atoms with E-state index >= 15 is 0 Å². The molecule has 0 spiro atoms. The van der Waals surface area contributed by atoms with Gasteiger partial charge in [-0.25, -0.2) is 4.98 Å². The second kappa shape index (κ2) is 10.2. The van der Waals surface area contributed by atoms with Gasteiger partial charge in [0.2, 0.25) is 0 Å². The van der Waals surface area contributed by atoms with Crippen LogP contribution in [-0.2, 0) is 12.8 Å². The molecule has 0 radical (unpaired) electrons. The Hall–Kier alpha value is -5.22. The zero-order valence-corrected chi connectivity index (χ0v) is 21.8. The minimum Gasteiger partial charge on any atom is -0.460 e. The molecule has 192 valence electrons. The largest absolute Gasteiger partial charge is 0.460 e. The monoisotopic (exact) mass is 518 g/mol. The summed E-state index contributed by atoms with van der Waals surface area (Å²) in [5.41, 5.74) is 9.44. The summed E-state index contributed by atoms with van der Waals surface area (Å²) in [7, 11) is 0. The zero-order valence-electron chi connectivity index (χ0n) is 21.8. The van der Waals surface area contributed by atoms with Crippen molar-refractivity contribution in [3.05, 3.63) is 160 Å². The highest BCUT2D eigenvalue weighted by Crippen LogP contribution is 2.37. The average Bonchev–Trinajstić information content (AvgIpc) is 3.36. The number of rotatable bonds is 6. The first-order valence-electron chi connectivity index (χ1n) is 13.4. The number of fused-ring (bicyclic) bond motifs is 2. The predicted octanol–water partition coefficient (Wildman–Crippen LogP) is 8.18. The zero-order chi connectivity index (χ0) is 26.9. The quantitative estimate of drug-likeness (QED) is 0.241. The van der Waals surface area contributed by atoms with Crippen molar-refractivity contribution < 1.29 is 4.42 Å². The maximum absolute atomic E-state index is 12.7. The van der Waals surface area contributed by atoms with E-state index in [-0.39, 0.29) is 5.56 Å². The Balaban J connectivity index is 1.24. The van der Waals surface area contributed by atoms with Crippen LogP contribution in [0.3, 0.4) is 0 Å². The van der Waals surface area contributed by atoms with E-state index in [4.69, 9.17) is 9.40 Å². The van der Waals surface area contributed by atoms with Gasteiger partial charge in [0.05, 0.1) is 11.0 Å². The van der Waals surface area contributed by atoms with Crippen molar-refractivity contribution >= 4 is 22.0 Å². The van der Waals surface area contributed by atoms with Crippen LogP contribution in [0, 0.1) is 0 Å². The van der Waals surface area contributed by atoms with E-state index in [2.05, 4.69) is 65.6 Å². The van der Waals surface area contributed by atoms with E-state index in [1.807, 2.05) is 66.7 Å². The Bertz CT molecular complexity index is 2000. The first-order chi connectivity index (χ1) is 19.7. The smallest absolute Gasteiger partial charge is 0.270 e. The molecule has 40 heavy (non-hydrogen) atoms. The van der Waals surface area contributed by atoms with Gasteiger partial charge in [-0.15, -0.1) is 0 Å². The number of hydrogen-bond donors (Lipinski definition) is 1. The van der Waals surface area contributed by atoms with Crippen LogP contribution in [0.25, 0.3) is 44.3 Å². The van der Waals surface area contributed by atoms with Gasteiger partial charge in [-0.05, 0) is 46.0 Å². The Morgan fingerprint density at radius 3 is 2.00 bits per heavy atom. The van der Waals surface area contributed by atoms with Gasteiger partial charge in [-0.3, -0.25) is 4.79 Å². The van der Waals surface area contributed by atoms with Gasteiger partial charge < -0.3 is 9.40 Å². The van der Waals surface area contributed by atoms with Crippen molar-refractivity contribution in [3.63, 3.8) is 0 Å². The van der Waals surface area contributed by atoms with Gasteiger partial charge in [0.1, 0.15) is 17.0 Å². The Morgan fingerprint density at radius 2 is 1.25 bits per heavy atom. The topological polar surface area (TPSA) is 58.9 Å². The minimum atomic E-state index is -0.146. The normalized spacial score (nSPS) is 11.3. The second-order valence-corrected chi connectivity index (χ2v) is 10.0. The van der Waals surface area contributed by atoms with E-state index in [0.29, 0.717) is 12.1 Å². The number of furan rings is 1. The lowest BCUT2D eigenvalue weighted by molar-refractivity contribution is 0.564. The van der Waals surface area contributed by atoms with Crippen molar-refractivity contribution in [2.24, 2.45) is 0 Å². The fraction of sp³-hybridized carbons (Fsp3) is 0.0556. The molecule has 0 atom stereocenters. The number of nitrogens with zero attached hydrogens (tertiary/aromatic N) is 1. The average molecular weight is 519 g/mol. The maximum atomic E-state index is 12.7. The molecule has 1 N–H and O–H groups in total. The molecule has 0 aliphatic rings. The van der Waals surface area contributed by atoms with E-state index in [1.54, 1.807) is 0 Å². The van der Waals surface area contributed by atoms with Gasteiger partial charge >= 0.3 is 0 Å². The third-order valence-corrected chi connectivity index (χ3v) is 7.36. The highest BCUT2D eigenvalue weighted by molar-refractivity contribution is 5.96. The summed E-state index contributed by atoms with van der Waals surface area (Å²) in [6.07, 6.45) is 1.22. The van der Waals surface area contributed by atoms with Gasteiger partial charge in [0, 0.05) is 23.8 Å². The fourth-order valence-corrected chi connectivity index (χ4v) is 5.36. The Morgan fingerprint density at radius 1 is 0.625 bits per heavy atom. The number of H-pyrrole nitrogens is 1. The number of hydrogen-bond acceptors (Lipinski definition) is 3. The molecule has 2 heterocycles. The van der Waals surface area contributed by atoms with Crippen LogP contribution in [0.5, 0.6) is 0 Å². The van der Waals surface area contributed by atoms with E-state index in [0.717, 1.165) is 62.0 Å². The van der Waals surface area contributed by atoms with Crippen molar-refractivity contribution in [1.82, 2.24) is 9.97 Å². The number of benzene rings is 5. The molecule has 2 aromatic heterocycles. The Labute approximate surface area is 231 Å². The molecule has 0 aliphatic carbocycles. The molecule has 4 heteroatoms. The maximum Gasteiger partial charge on any atom is 0.270 e. The number of aromatic nitrogens is 2. The third-order valence-electron chi connectivity index (χ3n) is 7.36. The predicted molar refractivity (Wildman–Crippen MR) is 162 cm³/mol. The van der Waals surface area contributed by atoms with Gasteiger partial charge in [-0.2, -0.15) is 0 Å². The summed E-state index contributed by atoms with van der Waals surface area (Å²) in [5, 5.41) is 1.12. The lowest BCUT2D eigenvalue weighted by Crippen LogP contribution is -2.15. The summed E-state index contributed by atoms with van der Waals surface area (Å²) < 4.78 is 6.35. The fourth-order valence-electron chi connectivity index (χ4n) is 5.36. The summed E-state index contributed by atoms with van der Waals surface area (Å²) in [6, 6.07) is 43.2. The molecular formula is C36H26N2O2. The molecular weight excluding hydrogens is 492 g/mol. The number of aromatic amines is 1. The molecule has 0 saturated carbocycles. The van der Waals surface area contributed by atoms with Crippen LogP contribution >= 0.6 is 0 Å².